The average molecular weight is 382 g/mol. The van der Waals surface area contributed by atoms with Gasteiger partial charge in [0.15, 0.2) is 5.17 Å². The smallest absolute Gasteiger partial charge is 0.319 e. The van der Waals surface area contributed by atoms with Crippen molar-refractivity contribution in [1.82, 2.24) is 15.5 Å². The number of thioether (sulfide) groups is 1. The summed E-state index contributed by atoms with van der Waals surface area (Å²) in [4.78, 5) is 42.6. The topological polar surface area (TPSA) is 90.9 Å². The minimum Gasteiger partial charge on any atom is -0.319 e. The minimum atomic E-state index is -1.21. The van der Waals surface area contributed by atoms with Crippen molar-refractivity contribution >= 4 is 45.5 Å². The van der Waals surface area contributed by atoms with Crippen LogP contribution in [0.3, 0.4) is 0 Å². The molecule has 0 spiro atoms. The summed E-state index contributed by atoms with van der Waals surface area (Å²) in [5.41, 5.74) is -0.528. The van der Waals surface area contributed by atoms with E-state index >= 15 is 0 Å². The second kappa shape index (κ2) is 6.70. The number of hydrogen-bond acceptors (Lipinski definition) is 5. The summed E-state index contributed by atoms with van der Waals surface area (Å²) < 4.78 is 0. The maximum absolute atomic E-state index is 13.0. The van der Waals surface area contributed by atoms with Crippen molar-refractivity contribution in [2.24, 2.45) is 4.99 Å². The van der Waals surface area contributed by atoms with Gasteiger partial charge in [0, 0.05) is 5.75 Å². The molecular weight excluding hydrogens is 364 g/mol. The normalized spacial score (nSPS) is 22.1. The van der Waals surface area contributed by atoms with Crippen molar-refractivity contribution in [2.75, 3.05) is 18.8 Å². The van der Waals surface area contributed by atoms with Crippen LogP contribution in [0.15, 0.2) is 47.5 Å². The number of amidine groups is 1. The second-order valence-electron chi connectivity index (χ2n) is 6.59. The third-order valence-electron chi connectivity index (χ3n) is 4.74. The molecule has 0 radical (unpaired) electrons. The number of carbonyl (C=O) groups excluding carboxylic acids is 3. The first-order chi connectivity index (χ1) is 13.0. The zero-order valence-corrected chi connectivity index (χ0v) is 15.5. The molecule has 0 aromatic heterocycles. The number of rotatable bonds is 3. The molecule has 4 amide bonds. The summed E-state index contributed by atoms with van der Waals surface area (Å²) in [7, 11) is 0. The van der Waals surface area contributed by atoms with E-state index in [-0.39, 0.29) is 6.54 Å². The summed E-state index contributed by atoms with van der Waals surface area (Å²) in [5.74, 6) is -0.0629. The third-order valence-corrected chi connectivity index (χ3v) is 5.63. The maximum Gasteiger partial charge on any atom is 0.325 e. The highest BCUT2D eigenvalue weighted by Crippen LogP contribution is 2.30. The van der Waals surface area contributed by atoms with Crippen LogP contribution in [0.2, 0.25) is 0 Å². The predicted molar refractivity (Wildman–Crippen MR) is 104 cm³/mol. The molecule has 2 aromatic rings. The number of imide groups is 1. The monoisotopic (exact) mass is 382 g/mol. The number of benzene rings is 2. The molecule has 2 aliphatic heterocycles. The molecular formula is C19H18N4O3S. The Labute approximate surface area is 160 Å². The van der Waals surface area contributed by atoms with Crippen LogP contribution < -0.4 is 10.6 Å². The van der Waals surface area contributed by atoms with Crippen LogP contribution in [0, 0.1) is 0 Å². The van der Waals surface area contributed by atoms with E-state index in [0.29, 0.717) is 17.3 Å². The second-order valence-corrected chi connectivity index (χ2v) is 7.68. The minimum absolute atomic E-state index is 0.340. The van der Waals surface area contributed by atoms with E-state index in [1.807, 2.05) is 42.5 Å². The summed E-state index contributed by atoms with van der Waals surface area (Å²) in [6.07, 6.45) is 0. The zero-order valence-electron chi connectivity index (χ0n) is 14.7. The van der Waals surface area contributed by atoms with Gasteiger partial charge in [-0.3, -0.25) is 19.5 Å². The molecule has 2 aromatic carbocycles. The molecule has 138 valence electrons. The Hall–Kier alpha value is -2.87. The van der Waals surface area contributed by atoms with Gasteiger partial charge in [0.05, 0.1) is 6.54 Å². The molecule has 2 aliphatic rings. The lowest BCUT2D eigenvalue weighted by molar-refractivity contribution is -0.134. The third kappa shape index (κ3) is 3.16. The van der Waals surface area contributed by atoms with E-state index < -0.39 is 23.4 Å². The van der Waals surface area contributed by atoms with Crippen LogP contribution in [0.1, 0.15) is 12.5 Å². The van der Waals surface area contributed by atoms with Gasteiger partial charge in [-0.2, -0.15) is 0 Å². The number of nitrogens with one attached hydrogen (secondary N) is 2. The SMILES string of the molecule is C[C@]1(c2ccc3ccccc3c2)NC(=O)N(CC(=O)NC2=NCCS2)C1=O. The summed E-state index contributed by atoms with van der Waals surface area (Å²) in [6.45, 7) is 1.98. The Morgan fingerprint density at radius 1 is 1.26 bits per heavy atom. The van der Waals surface area contributed by atoms with E-state index in [1.165, 1.54) is 11.8 Å². The Morgan fingerprint density at radius 2 is 2.04 bits per heavy atom. The van der Waals surface area contributed by atoms with Crippen molar-refractivity contribution in [3.05, 3.63) is 48.0 Å². The van der Waals surface area contributed by atoms with E-state index in [9.17, 15) is 14.4 Å². The Bertz CT molecular complexity index is 990. The van der Waals surface area contributed by atoms with Crippen molar-refractivity contribution in [1.29, 1.82) is 0 Å². The number of amides is 4. The van der Waals surface area contributed by atoms with E-state index in [0.717, 1.165) is 21.4 Å². The van der Waals surface area contributed by atoms with E-state index in [1.54, 1.807) is 6.92 Å². The average Bonchev–Trinajstić information content (AvgIpc) is 3.24. The number of hydrogen-bond donors (Lipinski definition) is 2. The molecule has 2 heterocycles. The quantitative estimate of drug-likeness (QED) is 0.793. The van der Waals surface area contributed by atoms with Crippen LogP contribution >= 0.6 is 11.8 Å². The summed E-state index contributed by atoms with van der Waals surface area (Å²) >= 11 is 1.44. The van der Waals surface area contributed by atoms with Crippen LogP contribution in [-0.4, -0.2) is 46.8 Å². The molecule has 27 heavy (non-hydrogen) atoms. The lowest BCUT2D eigenvalue weighted by atomic mass is 9.90. The molecule has 0 aliphatic carbocycles. The Morgan fingerprint density at radius 3 is 2.78 bits per heavy atom. The summed E-state index contributed by atoms with van der Waals surface area (Å²) in [5, 5.41) is 7.93. The lowest BCUT2D eigenvalue weighted by Crippen LogP contribution is -2.43. The molecule has 2 N–H and O–H groups in total. The lowest BCUT2D eigenvalue weighted by Gasteiger charge is -2.22. The van der Waals surface area contributed by atoms with Gasteiger partial charge in [-0.1, -0.05) is 48.2 Å². The molecule has 1 atom stereocenters. The fourth-order valence-corrected chi connectivity index (χ4v) is 3.99. The molecule has 7 nitrogen and oxygen atoms in total. The van der Waals surface area contributed by atoms with Crippen LogP contribution in [0.5, 0.6) is 0 Å². The largest absolute Gasteiger partial charge is 0.325 e. The van der Waals surface area contributed by atoms with Gasteiger partial charge in [-0.25, -0.2) is 4.79 Å². The molecule has 0 unspecified atom stereocenters. The van der Waals surface area contributed by atoms with Gasteiger partial charge < -0.3 is 10.6 Å². The first-order valence-corrected chi connectivity index (χ1v) is 9.56. The fourth-order valence-electron chi connectivity index (χ4n) is 3.25. The number of fused-ring (bicyclic) bond motifs is 1. The van der Waals surface area contributed by atoms with E-state index in [4.69, 9.17) is 0 Å². The van der Waals surface area contributed by atoms with Gasteiger partial charge in [0.1, 0.15) is 12.1 Å². The molecule has 1 saturated heterocycles. The van der Waals surface area contributed by atoms with Gasteiger partial charge in [0.2, 0.25) is 5.91 Å². The van der Waals surface area contributed by atoms with Gasteiger partial charge in [-0.15, -0.1) is 0 Å². The van der Waals surface area contributed by atoms with Gasteiger partial charge >= 0.3 is 6.03 Å². The molecule has 8 heteroatoms. The van der Waals surface area contributed by atoms with Gasteiger partial charge in [0.25, 0.3) is 5.91 Å². The number of urea groups is 1. The first-order valence-electron chi connectivity index (χ1n) is 8.58. The van der Waals surface area contributed by atoms with Crippen molar-refractivity contribution in [3.8, 4) is 0 Å². The number of aliphatic imine (C=N–C) groups is 1. The van der Waals surface area contributed by atoms with Gasteiger partial charge in [-0.05, 0) is 29.3 Å². The standard InChI is InChI=1S/C19H18N4O3S/c1-19(14-7-6-12-4-2-3-5-13(12)10-14)16(25)23(18(26)22-19)11-15(24)21-17-20-8-9-27-17/h2-7,10H,8-9,11H2,1H3,(H,22,26)(H,20,21,24)/t19-/m1/s1. The maximum atomic E-state index is 13.0. The van der Waals surface area contributed by atoms with Crippen LogP contribution in [0.4, 0.5) is 4.79 Å². The fraction of sp³-hybridized carbons (Fsp3) is 0.263. The Balaban J connectivity index is 1.56. The number of carbonyl (C=O) groups is 3. The molecule has 1 fully saturated rings. The number of nitrogens with zero attached hydrogens (tertiary/aromatic N) is 2. The molecule has 4 rings (SSSR count). The van der Waals surface area contributed by atoms with Crippen LogP contribution in [0.25, 0.3) is 10.8 Å². The van der Waals surface area contributed by atoms with Crippen molar-refractivity contribution < 1.29 is 14.4 Å². The van der Waals surface area contributed by atoms with Crippen LogP contribution in [-0.2, 0) is 15.1 Å². The van der Waals surface area contributed by atoms with Crippen molar-refractivity contribution in [3.63, 3.8) is 0 Å². The predicted octanol–water partition coefficient (Wildman–Crippen LogP) is 1.83. The van der Waals surface area contributed by atoms with Crippen molar-refractivity contribution in [2.45, 2.75) is 12.5 Å². The highest BCUT2D eigenvalue weighted by atomic mass is 32.2. The zero-order chi connectivity index (χ0) is 19.0. The first kappa shape index (κ1) is 17.5. The highest BCUT2D eigenvalue weighted by Gasteiger charge is 2.49. The Kier molecular flexibility index (Phi) is 4.35. The molecule has 0 saturated carbocycles. The van der Waals surface area contributed by atoms with E-state index in [2.05, 4.69) is 15.6 Å². The molecule has 0 bridgehead atoms. The summed E-state index contributed by atoms with van der Waals surface area (Å²) in [6, 6.07) is 12.9. The highest BCUT2D eigenvalue weighted by molar-refractivity contribution is 8.14.